The summed E-state index contributed by atoms with van der Waals surface area (Å²) in [6.45, 7) is 8.78. The lowest BCUT2D eigenvalue weighted by Gasteiger charge is -2.10. The molecule has 0 aromatic heterocycles. The first-order valence-corrected chi connectivity index (χ1v) is 3.47. The topological polar surface area (TPSA) is 28.0 Å². The maximum absolute atomic E-state index is 3.94. The van der Waals surface area contributed by atoms with Crippen molar-refractivity contribution in [3.8, 4) is 0 Å². The highest BCUT2D eigenvalue weighted by Gasteiger charge is 1.88. The minimum Gasteiger partial charge on any atom is -0.279 e. The van der Waals surface area contributed by atoms with Gasteiger partial charge >= 0.3 is 0 Å². The highest BCUT2D eigenvalue weighted by molar-refractivity contribution is 4.38. The van der Waals surface area contributed by atoms with Gasteiger partial charge in [-0.25, -0.2) is 0 Å². The average Bonchev–Trinajstić information content (AvgIpc) is 1.91. The van der Waals surface area contributed by atoms with Gasteiger partial charge < -0.3 is 0 Å². The Balaban J connectivity index is 3.41. The second kappa shape index (κ2) is 5.54. The van der Waals surface area contributed by atoms with Crippen molar-refractivity contribution in [3.63, 3.8) is 0 Å². The quantitative estimate of drug-likeness (QED) is 0.419. The van der Waals surface area contributed by atoms with Crippen molar-refractivity contribution in [2.75, 3.05) is 19.6 Å². The van der Waals surface area contributed by atoms with Crippen molar-refractivity contribution in [1.82, 2.24) is 5.01 Å². The van der Waals surface area contributed by atoms with Crippen LogP contribution in [0.25, 0.3) is 0 Å². The molecule has 0 heterocycles. The van der Waals surface area contributed by atoms with Gasteiger partial charge in [0.25, 0.3) is 0 Å². The Hall–Kier alpha value is -0.600. The molecule has 0 saturated heterocycles. The van der Waals surface area contributed by atoms with Crippen LogP contribution in [-0.4, -0.2) is 24.6 Å². The summed E-state index contributed by atoms with van der Waals surface area (Å²) >= 11 is 0. The molecule has 0 unspecified atom stereocenters. The predicted octanol–water partition coefficient (Wildman–Crippen LogP) is 1.72. The maximum atomic E-state index is 3.94. The van der Waals surface area contributed by atoms with E-state index in [2.05, 4.69) is 24.2 Å². The third-order valence-corrected chi connectivity index (χ3v) is 1.06. The SMILES string of the molecule is CC/N=N\N(CC)CC. The van der Waals surface area contributed by atoms with Gasteiger partial charge in [-0.1, -0.05) is 5.22 Å². The van der Waals surface area contributed by atoms with E-state index >= 15 is 0 Å². The van der Waals surface area contributed by atoms with Gasteiger partial charge in [0, 0.05) is 13.1 Å². The molecule has 0 spiro atoms. The van der Waals surface area contributed by atoms with Gasteiger partial charge in [-0.05, 0) is 20.8 Å². The largest absolute Gasteiger partial charge is 0.279 e. The average molecular weight is 129 g/mol. The smallest absolute Gasteiger partial charge is 0.0592 e. The molecule has 0 amide bonds. The predicted molar refractivity (Wildman–Crippen MR) is 38.3 cm³/mol. The number of hydrogen-bond donors (Lipinski definition) is 0. The summed E-state index contributed by atoms with van der Waals surface area (Å²) in [4.78, 5) is 0. The molecule has 0 saturated carbocycles. The summed E-state index contributed by atoms with van der Waals surface area (Å²) in [5.41, 5.74) is 0. The highest BCUT2D eigenvalue weighted by atomic mass is 15.5. The van der Waals surface area contributed by atoms with Crippen LogP contribution in [0, 0.1) is 0 Å². The third-order valence-electron chi connectivity index (χ3n) is 1.06. The maximum Gasteiger partial charge on any atom is 0.0592 e. The van der Waals surface area contributed by atoms with E-state index in [4.69, 9.17) is 0 Å². The van der Waals surface area contributed by atoms with E-state index in [1.807, 2.05) is 11.9 Å². The van der Waals surface area contributed by atoms with E-state index in [0.29, 0.717) is 0 Å². The molecule has 0 atom stereocenters. The van der Waals surface area contributed by atoms with Crippen LogP contribution in [0.5, 0.6) is 0 Å². The molecule has 0 aliphatic heterocycles. The molecule has 3 nitrogen and oxygen atoms in total. The number of nitrogens with zero attached hydrogens (tertiary/aromatic N) is 3. The lowest BCUT2D eigenvalue weighted by molar-refractivity contribution is 0.296. The van der Waals surface area contributed by atoms with Crippen molar-refractivity contribution in [2.24, 2.45) is 10.3 Å². The van der Waals surface area contributed by atoms with Gasteiger partial charge in [0.2, 0.25) is 0 Å². The lowest BCUT2D eigenvalue weighted by atomic mass is 10.6. The molecule has 9 heavy (non-hydrogen) atoms. The summed E-state index contributed by atoms with van der Waals surface area (Å²) in [6.07, 6.45) is 0. The Kier molecular flexibility index (Phi) is 5.17. The highest BCUT2D eigenvalue weighted by Crippen LogP contribution is 1.87. The van der Waals surface area contributed by atoms with E-state index in [9.17, 15) is 0 Å². The summed E-state index contributed by atoms with van der Waals surface area (Å²) in [6, 6.07) is 0. The fraction of sp³-hybridized carbons (Fsp3) is 1.00. The monoisotopic (exact) mass is 129 g/mol. The summed E-state index contributed by atoms with van der Waals surface area (Å²) in [5, 5.41) is 9.72. The van der Waals surface area contributed by atoms with Crippen LogP contribution in [0.1, 0.15) is 20.8 Å². The Morgan fingerprint density at radius 3 is 2.00 bits per heavy atom. The Morgan fingerprint density at radius 1 is 1.11 bits per heavy atom. The first-order valence-electron chi connectivity index (χ1n) is 3.47. The molecule has 0 rings (SSSR count). The minimum absolute atomic E-state index is 0.774. The Morgan fingerprint density at radius 2 is 1.67 bits per heavy atom. The molecule has 0 N–H and O–H groups in total. The van der Waals surface area contributed by atoms with Crippen LogP contribution in [0.15, 0.2) is 10.3 Å². The van der Waals surface area contributed by atoms with Gasteiger partial charge in [-0.2, -0.15) is 5.11 Å². The fourth-order valence-electron chi connectivity index (χ4n) is 0.503. The molecule has 0 bridgehead atoms. The Bertz CT molecular complexity index is 76.4. The summed E-state index contributed by atoms with van der Waals surface area (Å²) in [7, 11) is 0. The first-order chi connectivity index (χ1) is 4.35. The molecule has 0 aromatic rings. The van der Waals surface area contributed by atoms with Crippen LogP contribution in [0.4, 0.5) is 0 Å². The van der Waals surface area contributed by atoms with Gasteiger partial charge in [0.05, 0.1) is 6.54 Å². The molecule has 54 valence electrons. The molecule has 0 radical (unpaired) electrons. The zero-order chi connectivity index (χ0) is 7.11. The van der Waals surface area contributed by atoms with Gasteiger partial charge in [0.1, 0.15) is 0 Å². The van der Waals surface area contributed by atoms with Crippen LogP contribution in [-0.2, 0) is 0 Å². The lowest BCUT2D eigenvalue weighted by Crippen LogP contribution is -2.14. The van der Waals surface area contributed by atoms with Crippen LogP contribution in [0.3, 0.4) is 0 Å². The van der Waals surface area contributed by atoms with Crippen LogP contribution >= 0.6 is 0 Å². The molecule has 3 heteroatoms. The van der Waals surface area contributed by atoms with Crippen LogP contribution in [0.2, 0.25) is 0 Å². The van der Waals surface area contributed by atoms with E-state index < -0.39 is 0 Å². The standard InChI is InChI=1S/C6H15N3/c1-4-7-8-9(5-2)6-3/h4-6H2,1-3H3/b8-7-. The minimum atomic E-state index is 0.774. The van der Waals surface area contributed by atoms with Crippen molar-refractivity contribution >= 4 is 0 Å². The van der Waals surface area contributed by atoms with E-state index in [0.717, 1.165) is 19.6 Å². The number of rotatable bonds is 4. The molecule has 0 fully saturated rings. The molecular weight excluding hydrogens is 114 g/mol. The van der Waals surface area contributed by atoms with Crippen molar-refractivity contribution in [2.45, 2.75) is 20.8 Å². The first kappa shape index (κ1) is 8.40. The van der Waals surface area contributed by atoms with E-state index in [1.54, 1.807) is 0 Å². The third kappa shape index (κ3) is 3.94. The second-order valence-corrected chi connectivity index (χ2v) is 1.69. The number of hydrogen-bond acceptors (Lipinski definition) is 2. The molecular formula is C6H15N3. The second-order valence-electron chi connectivity index (χ2n) is 1.69. The molecule has 0 aliphatic rings. The van der Waals surface area contributed by atoms with Crippen molar-refractivity contribution in [1.29, 1.82) is 0 Å². The normalized spacial score (nSPS) is 10.6. The van der Waals surface area contributed by atoms with Crippen molar-refractivity contribution < 1.29 is 0 Å². The van der Waals surface area contributed by atoms with Gasteiger partial charge in [-0.3, -0.25) is 5.01 Å². The van der Waals surface area contributed by atoms with E-state index in [-0.39, 0.29) is 0 Å². The van der Waals surface area contributed by atoms with E-state index in [1.165, 1.54) is 0 Å². The molecule has 0 aliphatic carbocycles. The molecule has 0 aromatic carbocycles. The van der Waals surface area contributed by atoms with Gasteiger partial charge in [0.15, 0.2) is 0 Å². The van der Waals surface area contributed by atoms with Gasteiger partial charge in [-0.15, -0.1) is 0 Å². The fourth-order valence-corrected chi connectivity index (χ4v) is 0.503. The zero-order valence-corrected chi connectivity index (χ0v) is 6.46. The summed E-state index contributed by atoms with van der Waals surface area (Å²) < 4.78 is 0. The Labute approximate surface area is 56.7 Å². The zero-order valence-electron chi connectivity index (χ0n) is 6.46. The van der Waals surface area contributed by atoms with Crippen LogP contribution < -0.4 is 0 Å². The van der Waals surface area contributed by atoms with Crippen molar-refractivity contribution in [3.05, 3.63) is 0 Å². The summed E-state index contributed by atoms with van der Waals surface area (Å²) in [5.74, 6) is 0.